The Kier molecular flexibility index (Phi) is 3.41. The normalized spacial score (nSPS) is 14.8. The lowest BCUT2D eigenvalue weighted by Gasteiger charge is -2.24. The Balaban J connectivity index is 1.57. The molecule has 1 fully saturated rings. The average molecular weight is 320 g/mol. The van der Waals surface area contributed by atoms with E-state index in [0.717, 1.165) is 41.1 Å². The molecule has 3 aromatic rings. The van der Waals surface area contributed by atoms with E-state index in [1.54, 1.807) is 0 Å². The number of nitrogens with zero attached hydrogens (tertiary/aromatic N) is 1. The molecule has 0 atom stereocenters. The smallest absolute Gasteiger partial charge is 0.234 e. The van der Waals surface area contributed by atoms with Crippen molar-refractivity contribution in [2.75, 3.05) is 5.32 Å². The summed E-state index contributed by atoms with van der Waals surface area (Å²) in [7, 11) is 0. The molecule has 0 bridgehead atoms. The molecule has 2 aromatic carbocycles. The molecule has 1 N–H and O–H groups in total. The molecule has 0 spiro atoms. The first-order chi connectivity index (χ1) is 11.5. The van der Waals surface area contributed by atoms with Crippen LogP contribution in [0.3, 0.4) is 0 Å². The number of anilines is 1. The summed E-state index contributed by atoms with van der Waals surface area (Å²) in [5.41, 5.74) is 2.69. The zero-order valence-electron chi connectivity index (χ0n) is 13.9. The van der Waals surface area contributed by atoms with Crippen LogP contribution in [-0.4, -0.2) is 10.9 Å². The van der Waals surface area contributed by atoms with Gasteiger partial charge in [-0.2, -0.15) is 0 Å². The molecule has 1 amide bonds. The highest BCUT2D eigenvalue weighted by atomic mass is 16.3. The third kappa shape index (κ3) is 2.68. The maximum Gasteiger partial charge on any atom is 0.234 e. The largest absolute Gasteiger partial charge is 0.440 e. The Morgan fingerprint density at radius 3 is 2.62 bits per heavy atom. The van der Waals surface area contributed by atoms with E-state index in [9.17, 15) is 4.79 Å². The van der Waals surface area contributed by atoms with Gasteiger partial charge < -0.3 is 9.73 Å². The summed E-state index contributed by atoms with van der Waals surface area (Å²) >= 11 is 0. The van der Waals surface area contributed by atoms with Gasteiger partial charge in [0, 0.05) is 11.6 Å². The topological polar surface area (TPSA) is 55.1 Å². The van der Waals surface area contributed by atoms with Crippen LogP contribution < -0.4 is 5.32 Å². The highest BCUT2D eigenvalue weighted by Crippen LogP contribution is 2.40. The van der Waals surface area contributed by atoms with E-state index in [1.807, 2.05) is 62.4 Å². The van der Waals surface area contributed by atoms with E-state index in [4.69, 9.17) is 4.42 Å². The second-order valence-corrected chi connectivity index (χ2v) is 6.95. The van der Waals surface area contributed by atoms with E-state index < -0.39 is 5.41 Å². The van der Waals surface area contributed by atoms with E-state index >= 15 is 0 Å². The van der Waals surface area contributed by atoms with Crippen LogP contribution >= 0.6 is 0 Å². The monoisotopic (exact) mass is 320 g/mol. The molecular weight excluding hydrogens is 300 g/mol. The van der Waals surface area contributed by atoms with Gasteiger partial charge in [-0.05, 0) is 50.5 Å². The molecule has 0 radical (unpaired) electrons. The molecule has 4 rings (SSSR count). The van der Waals surface area contributed by atoms with Crippen LogP contribution in [0, 0.1) is 0 Å². The molecule has 4 nitrogen and oxygen atoms in total. The quantitative estimate of drug-likeness (QED) is 0.763. The average Bonchev–Trinajstić information content (AvgIpc) is 3.35. The van der Waals surface area contributed by atoms with Gasteiger partial charge in [0.2, 0.25) is 5.91 Å². The van der Waals surface area contributed by atoms with Crippen LogP contribution in [0.15, 0.2) is 52.9 Å². The number of benzene rings is 2. The van der Waals surface area contributed by atoms with Crippen molar-refractivity contribution < 1.29 is 9.21 Å². The third-order valence-corrected chi connectivity index (χ3v) is 4.65. The van der Waals surface area contributed by atoms with Gasteiger partial charge in [-0.25, -0.2) is 4.98 Å². The molecule has 1 aliphatic rings. The van der Waals surface area contributed by atoms with E-state index in [2.05, 4.69) is 10.3 Å². The molecular formula is C20H20N2O2. The Labute approximate surface area is 140 Å². The molecule has 24 heavy (non-hydrogen) atoms. The highest BCUT2D eigenvalue weighted by Gasteiger charge is 2.30. The lowest BCUT2D eigenvalue weighted by Crippen LogP contribution is -2.34. The predicted molar refractivity (Wildman–Crippen MR) is 94.1 cm³/mol. The minimum atomic E-state index is -0.612. The van der Waals surface area contributed by atoms with Gasteiger partial charge in [0.05, 0.1) is 5.41 Å². The molecule has 1 saturated carbocycles. The SMILES string of the molecule is CC(C)(C(=O)Nc1ccc2oc(C3CC3)nc2c1)c1ccccc1. The molecule has 122 valence electrons. The van der Waals surface area contributed by atoms with Gasteiger partial charge in [0.25, 0.3) is 0 Å². The van der Waals surface area contributed by atoms with Gasteiger partial charge in [-0.3, -0.25) is 4.79 Å². The van der Waals surface area contributed by atoms with Crippen molar-refractivity contribution in [2.45, 2.75) is 38.0 Å². The standard InChI is InChI=1S/C20H20N2O2/c1-20(2,14-6-4-3-5-7-14)19(23)21-15-10-11-17-16(12-15)22-18(24-17)13-8-9-13/h3-7,10-13H,8-9H2,1-2H3,(H,21,23). The van der Waals surface area contributed by atoms with Crippen LogP contribution in [0.25, 0.3) is 11.1 Å². The van der Waals surface area contributed by atoms with Crippen LogP contribution in [0.4, 0.5) is 5.69 Å². The molecule has 0 aliphatic heterocycles. The van der Waals surface area contributed by atoms with E-state index in [0.29, 0.717) is 5.92 Å². The van der Waals surface area contributed by atoms with Crippen LogP contribution in [0.2, 0.25) is 0 Å². The van der Waals surface area contributed by atoms with E-state index in [1.165, 1.54) is 0 Å². The molecule has 4 heteroatoms. The summed E-state index contributed by atoms with van der Waals surface area (Å²) in [4.78, 5) is 17.3. The number of carbonyl (C=O) groups is 1. The van der Waals surface area contributed by atoms with Gasteiger partial charge in [-0.1, -0.05) is 30.3 Å². The number of hydrogen-bond acceptors (Lipinski definition) is 3. The van der Waals surface area contributed by atoms with Crippen LogP contribution in [-0.2, 0) is 10.2 Å². The number of amides is 1. The lowest BCUT2D eigenvalue weighted by molar-refractivity contribution is -0.120. The van der Waals surface area contributed by atoms with Crippen molar-refractivity contribution in [3.05, 3.63) is 60.0 Å². The summed E-state index contributed by atoms with van der Waals surface area (Å²) in [5, 5.41) is 3.01. The Morgan fingerprint density at radius 2 is 1.92 bits per heavy atom. The number of nitrogens with one attached hydrogen (secondary N) is 1. The highest BCUT2D eigenvalue weighted by molar-refractivity contribution is 5.99. The fourth-order valence-corrected chi connectivity index (χ4v) is 2.80. The second kappa shape index (κ2) is 5.48. The van der Waals surface area contributed by atoms with Crippen molar-refractivity contribution in [1.82, 2.24) is 4.98 Å². The number of fused-ring (bicyclic) bond motifs is 1. The van der Waals surface area contributed by atoms with Crippen molar-refractivity contribution in [3.63, 3.8) is 0 Å². The maximum absolute atomic E-state index is 12.7. The number of oxazole rings is 1. The minimum Gasteiger partial charge on any atom is -0.440 e. The van der Waals surface area contributed by atoms with Gasteiger partial charge in [0.15, 0.2) is 11.5 Å². The summed E-state index contributed by atoms with van der Waals surface area (Å²) in [6, 6.07) is 15.4. The lowest BCUT2D eigenvalue weighted by atomic mass is 9.83. The first-order valence-corrected chi connectivity index (χ1v) is 8.31. The molecule has 1 aromatic heterocycles. The molecule has 0 unspecified atom stereocenters. The summed E-state index contributed by atoms with van der Waals surface area (Å²) in [6.07, 6.45) is 2.31. The Morgan fingerprint density at radius 1 is 1.17 bits per heavy atom. The zero-order chi connectivity index (χ0) is 16.7. The zero-order valence-corrected chi connectivity index (χ0v) is 13.9. The maximum atomic E-state index is 12.7. The second-order valence-electron chi connectivity index (χ2n) is 6.95. The van der Waals surface area contributed by atoms with Crippen LogP contribution in [0.1, 0.15) is 44.1 Å². The molecule has 1 aliphatic carbocycles. The number of carbonyl (C=O) groups excluding carboxylic acids is 1. The van der Waals surface area contributed by atoms with Gasteiger partial charge in [-0.15, -0.1) is 0 Å². The first-order valence-electron chi connectivity index (χ1n) is 8.31. The first kappa shape index (κ1) is 14.9. The number of rotatable bonds is 4. The fraction of sp³-hybridized carbons (Fsp3) is 0.300. The number of hydrogen-bond donors (Lipinski definition) is 1. The molecule has 0 saturated heterocycles. The van der Waals surface area contributed by atoms with Crippen molar-refractivity contribution in [1.29, 1.82) is 0 Å². The summed E-state index contributed by atoms with van der Waals surface area (Å²) in [5.74, 6) is 1.25. The fourth-order valence-electron chi connectivity index (χ4n) is 2.80. The number of aromatic nitrogens is 1. The van der Waals surface area contributed by atoms with Crippen molar-refractivity contribution >= 4 is 22.7 Å². The van der Waals surface area contributed by atoms with E-state index in [-0.39, 0.29) is 5.91 Å². The third-order valence-electron chi connectivity index (χ3n) is 4.65. The summed E-state index contributed by atoms with van der Waals surface area (Å²) < 4.78 is 5.76. The van der Waals surface area contributed by atoms with Crippen molar-refractivity contribution in [3.8, 4) is 0 Å². The van der Waals surface area contributed by atoms with Gasteiger partial charge >= 0.3 is 0 Å². The Hall–Kier alpha value is -2.62. The summed E-state index contributed by atoms with van der Waals surface area (Å²) in [6.45, 7) is 3.86. The molecule has 1 heterocycles. The minimum absolute atomic E-state index is 0.0426. The Bertz CT molecular complexity index is 892. The predicted octanol–water partition coefficient (Wildman–Crippen LogP) is 4.62. The van der Waals surface area contributed by atoms with Crippen LogP contribution in [0.5, 0.6) is 0 Å². The van der Waals surface area contributed by atoms with Crippen molar-refractivity contribution in [2.24, 2.45) is 0 Å². The van der Waals surface area contributed by atoms with Gasteiger partial charge in [0.1, 0.15) is 5.52 Å².